The molecule has 0 spiro atoms. The van der Waals surface area contributed by atoms with Gasteiger partial charge in [0.15, 0.2) is 0 Å². The summed E-state index contributed by atoms with van der Waals surface area (Å²) in [5, 5.41) is 0. The molecule has 0 aliphatic heterocycles. The van der Waals surface area contributed by atoms with Gasteiger partial charge in [0.25, 0.3) is 0 Å². The molecule has 0 N–H and O–H groups in total. The minimum Gasteiger partial charge on any atom is -0.298 e. The van der Waals surface area contributed by atoms with Crippen LogP contribution in [-0.4, -0.2) is 6.29 Å². The number of hydrogen-bond acceptors (Lipinski definition) is 1. The Labute approximate surface area is 72.7 Å². The lowest BCUT2D eigenvalue weighted by Crippen LogP contribution is -1.91. The summed E-state index contributed by atoms with van der Waals surface area (Å²) in [4.78, 5) is 10.5. The van der Waals surface area contributed by atoms with E-state index in [0.717, 1.165) is 18.3 Å². The number of allylic oxidation sites excluding steroid dienone is 1. The first kappa shape index (κ1) is 8.72. The minimum absolute atomic E-state index is 0.562. The van der Waals surface area contributed by atoms with Gasteiger partial charge in [0.05, 0.1) is 0 Å². The van der Waals surface area contributed by atoms with Crippen LogP contribution in [0.15, 0.2) is 30.8 Å². The first-order valence-electron chi connectivity index (χ1n) is 4.02. The molecule has 0 aliphatic carbocycles. The topological polar surface area (TPSA) is 17.1 Å². The fourth-order valence-electron chi connectivity index (χ4n) is 1.21. The first-order valence-corrected chi connectivity index (χ1v) is 4.02. The van der Waals surface area contributed by atoms with Gasteiger partial charge in [0.2, 0.25) is 0 Å². The third-order valence-electron chi connectivity index (χ3n) is 1.89. The molecular formula is C11H12O. The van der Waals surface area contributed by atoms with Gasteiger partial charge in [-0.05, 0) is 17.5 Å². The molecule has 1 rings (SSSR count). The molecule has 62 valence electrons. The van der Waals surface area contributed by atoms with Gasteiger partial charge >= 0.3 is 0 Å². The number of carbonyl (C=O) groups is 1. The summed E-state index contributed by atoms with van der Waals surface area (Å²) in [6.07, 6.45) is 1.73. The fourth-order valence-corrected chi connectivity index (χ4v) is 1.21. The van der Waals surface area contributed by atoms with Crippen LogP contribution in [0.4, 0.5) is 0 Å². The Bertz CT molecular complexity index is 300. The van der Waals surface area contributed by atoms with E-state index < -0.39 is 0 Å². The van der Waals surface area contributed by atoms with Gasteiger partial charge < -0.3 is 0 Å². The molecule has 0 saturated carbocycles. The third kappa shape index (κ3) is 1.62. The molecule has 0 aliphatic rings. The van der Waals surface area contributed by atoms with E-state index in [1.807, 2.05) is 24.3 Å². The molecule has 1 aromatic rings. The van der Waals surface area contributed by atoms with Crippen LogP contribution in [0.3, 0.4) is 0 Å². The second-order valence-electron chi connectivity index (χ2n) is 2.65. The highest BCUT2D eigenvalue weighted by Crippen LogP contribution is 2.15. The number of benzene rings is 1. The van der Waals surface area contributed by atoms with E-state index in [4.69, 9.17) is 0 Å². The molecule has 0 aromatic heterocycles. The maximum atomic E-state index is 10.5. The van der Waals surface area contributed by atoms with Crippen LogP contribution in [0, 0.1) is 0 Å². The van der Waals surface area contributed by atoms with E-state index in [1.165, 1.54) is 5.56 Å². The van der Waals surface area contributed by atoms with Crippen LogP contribution in [-0.2, 0) is 11.2 Å². The van der Waals surface area contributed by atoms with Crippen LogP contribution in [0.1, 0.15) is 18.1 Å². The summed E-state index contributed by atoms with van der Waals surface area (Å²) in [6.45, 7) is 5.75. The third-order valence-corrected chi connectivity index (χ3v) is 1.89. The van der Waals surface area contributed by atoms with Gasteiger partial charge in [-0.3, -0.25) is 4.79 Å². The number of aldehydes is 1. The summed E-state index contributed by atoms with van der Waals surface area (Å²) >= 11 is 0. The molecule has 1 heteroatoms. The van der Waals surface area contributed by atoms with Crippen molar-refractivity contribution in [3.05, 3.63) is 42.0 Å². The molecular weight excluding hydrogens is 148 g/mol. The van der Waals surface area contributed by atoms with Crippen LogP contribution in [0.25, 0.3) is 5.57 Å². The van der Waals surface area contributed by atoms with Gasteiger partial charge in [-0.1, -0.05) is 37.8 Å². The lowest BCUT2D eigenvalue weighted by molar-refractivity contribution is -0.103. The van der Waals surface area contributed by atoms with Gasteiger partial charge in [0, 0.05) is 5.57 Å². The van der Waals surface area contributed by atoms with Crippen LogP contribution < -0.4 is 0 Å². The van der Waals surface area contributed by atoms with Crippen molar-refractivity contribution in [2.45, 2.75) is 13.3 Å². The van der Waals surface area contributed by atoms with Crippen LogP contribution >= 0.6 is 0 Å². The summed E-state index contributed by atoms with van der Waals surface area (Å²) in [5.41, 5.74) is 2.71. The molecule has 1 aromatic carbocycles. The lowest BCUT2D eigenvalue weighted by atomic mass is 10.0. The van der Waals surface area contributed by atoms with E-state index in [0.29, 0.717) is 5.57 Å². The zero-order valence-electron chi connectivity index (χ0n) is 7.21. The maximum Gasteiger partial charge on any atom is 0.150 e. The molecule has 0 fully saturated rings. The van der Waals surface area contributed by atoms with Crippen LogP contribution in [0.5, 0.6) is 0 Å². The van der Waals surface area contributed by atoms with E-state index in [1.54, 1.807) is 0 Å². The molecule has 0 heterocycles. The average Bonchev–Trinajstić information content (AvgIpc) is 2.16. The standard InChI is InChI=1S/C11H12O/c1-3-10-6-4-5-7-11(10)9(2)8-12/h4-8H,2-3H2,1H3. The Morgan fingerprint density at radius 2 is 2.17 bits per heavy atom. The predicted octanol–water partition coefficient (Wildman–Crippen LogP) is 2.46. The second-order valence-corrected chi connectivity index (χ2v) is 2.65. The molecule has 0 unspecified atom stereocenters. The van der Waals surface area contributed by atoms with Gasteiger partial charge in [0.1, 0.15) is 6.29 Å². The summed E-state index contributed by atoms with van der Waals surface area (Å²) in [7, 11) is 0. The number of hydrogen-bond donors (Lipinski definition) is 0. The van der Waals surface area contributed by atoms with Crippen molar-refractivity contribution in [2.24, 2.45) is 0 Å². The zero-order valence-corrected chi connectivity index (χ0v) is 7.21. The fraction of sp³-hybridized carbons (Fsp3) is 0.182. The maximum absolute atomic E-state index is 10.5. The number of rotatable bonds is 3. The molecule has 1 nitrogen and oxygen atoms in total. The van der Waals surface area contributed by atoms with E-state index in [9.17, 15) is 4.79 Å². The van der Waals surface area contributed by atoms with Crippen molar-refractivity contribution in [2.75, 3.05) is 0 Å². The smallest absolute Gasteiger partial charge is 0.150 e. The molecule has 0 amide bonds. The van der Waals surface area contributed by atoms with Gasteiger partial charge in [-0.15, -0.1) is 0 Å². The number of aryl methyl sites for hydroxylation is 1. The van der Waals surface area contributed by atoms with Gasteiger partial charge in [-0.25, -0.2) is 0 Å². The largest absolute Gasteiger partial charge is 0.298 e. The first-order chi connectivity index (χ1) is 5.79. The normalized spacial score (nSPS) is 9.42. The highest BCUT2D eigenvalue weighted by atomic mass is 16.1. The Morgan fingerprint density at radius 1 is 1.50 bits per heavy atom. The molecule has 0 saturated heterocycles. The Balaban J connectivity index is 3.13. The highest BCUT2D eigenvalue weighted by Gasteiger charge is 2.01. The Hall–Kier alpha value is -1.37. The zero-order chi connectivity index (χ0) is 8.97. The second kappa shape index (κ2) is 3.86. The van der Waals surface area contributed by atoms with Crippen molar-refractivity contribution in [1.82, 2.24) is 0 Å². The van der Waals surface area contributed by atoms with E-state index in [-0.39, 0.29) is 0 Å². The quantitative estimate of drug-likeness (QED) is 0.490. The number of carbonyl (C=O) groups excluding carboxylic acids is 1. The summed E-state index contributed by atoms with van der Waals surface area (Å²) < 4.78 is 0. The highest BCUT2D eigenvalue weighted by molar-refractivity contribution is 6.06. The minimum atomic E-state index is 0.562. The van der Waals surface area contributed by atoms with Crippen molar-refractivity contribution >= 4 is 11.9 Å². The molecule has 0 bridgehead atoms. The van der Waals surface area contributed by atoms with Crippen molar-refractivity contribution in [3.63, 3.8) is 0 Å². The summed E-state index contributed by atoms with van der Waals surface area (Å²) in [5.74, 6) is 0. The van der Waals surface area contributed by atoms with E-state index in [2.05, 4.69) is 13.5 Å². The molecule has 0 atom stereocenters. The van der Waals surface area contributed by atoms with Crippen molar-refractivity contribution in [1.29, 1.82) is 0 Å². The lowest BCUT2D eigenvalue weighted by Gasteiger charge is -2.04. The van der Waals surface area contributed by atoms with E-state index >= 15 is 0 Å². The average molecular weight is 160 g/mol. The van der Waals surface area contributed by atoms with Crippen LogP contribution in [0.2, 0.25) is 0 Å². The van der Waals surface area contributed by atoms with Crippen molar-refractivity contribution in [3.8, 4) is 0 Å². The summed E-state index contributed by atoms with van der Waals surface area (Å²) in [6, 6.07) is 7.84. The Morgan fingerprint density at radius 3 is 2.75 bits per heavy atom. The molecule has 0 radical (unpaired) electrons. The van der Waals surface area contributed by atoms with Gasteiger partial charge in [-0.2, -0.15) is 0 Å². The monoisotopic (exact) mass is 160 g/mol. The molecule has 12 heavy (non-hydrogen) atoms. The van der Waals surface area contributed by atoms with Crippen molar-refractivity contribution < 1.29 is 4.79 Å². The predicted molar refractivity (Wildman–Crippen MR) is 50.9 cm³/mol. The SMILES string of the molecule is C=C(C=O)c1ccccc1CC. The Kier molecular flexibility index (Phi) is 2.81.